The van der Waals surface area contributed by atoms with Crippen LogP contribution >= 0.6 is 0 Å². The topological polar surface area (TPSA) is 115 Å². The summed E-state index contributed by atoms with van der Waals surface area (Å²) < 4.78 is 12.5. The summed E-state index contributed by atoms with van der Waals surface area (Å²) in [5.41, 5.74) is 2.98. The van der Waals surface area contributed by atoms with Crippen molar-refractivity contribution < 1.29 is 14.3 Å². The van der Waals surface area contributed by atoms with Crippen LogP contribution in [0.3, 0.4) is 0 Å². The molecule has 0 unspecified atom stereocenters. The zero-order valence-electron chi connectivity index (χ0n) is 16.1. The van der Waals surface area contributed by atoms with Gasteiger partial charge in [-0.05, 0) is 59.7 Å². The van der Waals surface area contributed by atoms with Gasteiger partial charge in [-0.15, -0.1) is 5.10 Å². The summed E-state index contributed by atoms with van der Waals surface area (Å²) >= 11 is 0. The molecule has 1 heterocycles. The summed E-state index contributed by atoms with van der Waals surface area (Å²) in [6.07, 6.45) is 2.37. The molecule has 0 spiro atoms. The number of tetrazole rings is 1. The molecule has 0 saturated carbocycles. The third kappa shape index (κ3) is 5.07. The van der Waals surface area contributed by atoms with Crippen LogP contribution in [0.5, 0.6) is 11.5 Å². The lowest BCUT2D eigenvalue weighted by Gasteiger charge is -2.11. The Hall–Kier alpha value is -3.93. The summed E-state index contributed by atoms with van der Waals surface area (Å²) in [6, 6.07) is 12.5. The number of nitrogens with one attached hydrogen (secondary N) is 1. The van der Waals surface area contributed by atoms with Crippen LogP contribution < -0.4 is 14.8 Å². The van der Waals surface area contributed by atoms with Crippen molar-refractivity contribution in [3.63, 3.8) is 0 Å². The summed E-state index contributed by atoms with van der Waals surface area (Å²) in [5.74, 6) is 0.933. The predicted octanol–water partition coefficient (Wildman–Crippen LogP) is 2.65. The number of hydrogen-bond acceptors (Lipinski definition) is 7. The Morgan fingerprint density at radius 1 is 1.24 bits per heavy atom. The van der Waals surface area contributed by atoms with Gasteiger partial charge in [-0.3, -0.25) is 4.79 Å². The number of carbonyl (C=O) groups excluding carboxylic acids is 1. The van der Waals surface area contributed by atoms with Crippen molar-refractivity contribution in [3.8, 4) is 23.3 Å². The molecule has 1 N–H and O–H groups in total. The van der Waals surface area contributed by atoms with Crippen LogP contribution in [0.1, 0.15) is 24.0 Å². The number of nitrogens with zero attached hydrogens (tertiary/aromatic N) is 5. The van der Waals surface area contributed by atoms with Crippen molar-refractivity contribution in [1.82, 2.24) is 20.2 Å². The second-order valence-corrected chi connectivity index (χ2v) is 6.23. The Kier molecular flexibility index (Phi) is 6.37. The van der Waals surface area contributed by atoms with Crippen molar-refractivity contribution in [1.29, 1.82) is 5.26 Å². The molecule has 3 aromatic rings. The minimum absolute atomic E-state index is 0.102. The van der Waals surface area contributed by atoms with Crippen molar-refractivity contribution in [2.75, 3.05) is 19.0 Å². The van der Waals surface area contributed by atoms with E-state index in [4.69, 9.17) is 14.7 Å². The van der Waals surface area contributed by atoms with Gasteiger partial charge < -0.3 is 14.8 Å². The van der Waals surface area contributed by atoms with Gasteiger partial charge in [-0.2, -0.15) is 5.26 Å². The highest BCUT2D eigenvalue weighted by molar-refractivity contribution is 5.90. The third-order valence-corrected chi connectivity index (χ3v) is 4.17. The first-order valence-corrected chi connectivity index (χ1v) is 8.95. The molecule has 1 amide bonds. The van der Waals surface area contributed by atoms with Gasteiger partial charge in [0.2, 0.25) is 5.91 Å². The highest BCUT2D eigenvalue weighted by atomic mass is 16.5. The van der Waals surface area contributed by atoms with Gasteiger partial charge in [-0.1, -0.05) is 0 Å². The number of aryl methyl sites for hydroxylation is 1. The van der Waals surface area contributed by atoms with Crippen molar-refractivity contribution >= 4 is 11.6 Å². The van der Waals surface area contributed by atoms with E-state index in [1.54, 1.807) is 28.9 Å². The van der Waals surface area contributed by atoms with Crippen molar-refractivity contribution in [2.45, 2.75) is 19.8 Å². The average Bonchev–Trinajstić information content (AvgIpc) is 3.25. The molecule has 0 atom stereocenters. The minimum atomic E-state index is -0.102. The molecule has 9 nitrogen and oxygen atoms in total. The summed E-state index contributed by atoms with van der Waals surface area (Å²) in [7, 11) is 1.52. The molecule has 9 heteroatoms. The Labute approximate surface area is 167 Å². The predicted molar refractivity (Wildman–Crippen MR) is 105 cm³/mol. The molecule has 0 radical (unpaired) electrons. The van der Waals surface area contributed by atoms with Gasteiger partial charge in [0.25, 0.3) is 0 Å². The SMILES string of the molecule is COc1cc(C#N)ccc1OCCCC(=O)Nc1ccc(-n2cnnn2)c(C)c1. The molecule has 0 saturated heterocycles. The molecular weight excluding hydrogens is 372 g/mol. The molecule has 1 aromatic heterocycles. The lowest BCUT2D eigenvalue weighted by molar-refractivity contribution is -0.116. The summed E-state index contributed by atoms with van der Waals surface area (Å²) in [4.78, 5) is 12.2. The zero-order chi connectivity index (χ0) is 20.6. The van der Waals surface area contributed by atoms with E-state index in [9.17, 15) is 4.79 Å². The molecule has 0 bridgehead atoms. The fourth-order valence-corrected chi connectivity index (χ4v) is 2.76. The van der Waals surface area contributed by atoms with E-state index in [1.165, 1.54) is 13.4 Å². The second kappa shape index (κ2) is 9.32. The molecule has 0 aliphatic heterocycles. The fraction of sp³-hybridized carbons (Fsp3) is 0.250. The number of amides is 1. The number of methoxy groups -OCH3 is 1. The van der Waals surface area contributed by atoms with Crippen LogP contribution in [0.15, 0.2) is 42.7 Å². The maximum Gasteiger partial charge on any atom is 0.224 e. The summed E-state index contributed by atoms with van der Waals surface area (Å²) in [5, 5.41) is 22.9. The first kappa shape index (κ1) is 19.8. The molecule has 0 aliphatic rings. The molecule has 29 heavy (non-hydrogen) atoms. The number of ether oxygens (including phenoxy) is 2. The van der Waals surface area contributed by atoms with Gasteiger partial charge in [-0.25, -0.2) is 4.68 Å². The monoisotopic (exact) mass is 392 g/mol. The number of anilines is 1. The molecule has 0 fully saturated rings. The molecule has 148 valence electrons. The standard InChI is InChI=1S/C20H20N6O3/c1-14-10-16(6-7-17(14)26-13-22-24-25-26)23-20(27)4-3-9-29-18-8-5-15(12-21)11-19(18)28-2/h5-8,10-11,13H,3-4,9H2,1-2H3,(H,23,27). The van der Waals surface area contributed by atoms with Crippen LogP contribution in [0.25, 0.3) is 5.69 Å². The van der Waals surface area contributed by atoms with Crippen molar-refractivity contribution in [3.05, 3.63) is 53.9 Å². The van der Waals surface area contributed by atoms with Crippen LogP contribution in [0, 0.1) is 18.3 Å². The fourth-order valence-electron chi connectivity index (χ4n) is 2.76. The van der Waals surface area contributed by atoms with E-state index in [-0.39, 0.29) is 5.91 Å². The number of nitriles is 1. The van der Waals surface area contributed by atoms with E-state index in [0.717, 1.165) is 11.3 Å². The Morgan fingerprint density at radius 2 is 2.10 bits per heavy atom. The highest BCUT2D eigenvalue weighted by Crippen LogP contribution is 2.28. The number of rotatable bonds is 8. The van der Waals surface area contributed by atoms with Gasteiger partial charge in [0.1, 0.15) is 6.33 Å². The quantitative estimate of drug-likeness (QED) is 0.586. The number of benzene rings is 2. The largest absolute Gasteiger partial charge is 0.493 e. The normalized spacial score (nSPS) is 10.2. The van der Waals surface area contributed by atoms with Crippen LogP contribution in [-0.2, 0) is 4.79 Å². The van der Waals surface area contributed by atoms with Crippen LogP contribution in [0.2, 0.25) is 0 Å². The van der Waals surface area contributed by atoms with Crippen molar-refractivity contribution in [2.24, 2.45) is 0 Å². The Morgan fingerprint density at radius 3 is 2.79 bits per heavy atom. The number of carbonyl (C=O) groups is 1. The van der Waals surface area contributed by atoms with E-state index in [2.05, 4.69) is 26.9 Å². The second-order valence-electron chi connectivity index (χ2n) is 6.23. The van der Waals surface area contributed by atoms with Gasteiger partial charge >= 0.3 is 0 Å². The zero-order valence-corrected chi connectivity index (χ0v) is 16.1. The van der Waals surface area contributed by atoms with Crippen LogP contribution in [0.4, 0.5) is 5.69 Å². The molecule has 0 aliphatic carbocycles. The van der Waals surface area contributed by atoms with E-state index in [1.807, 2.05) is 19.1 Å². The smallest absolute Gasteiger partial charge is 0.224 e. The van der Waals surface area contributed by atoms with E-state index in [0.29, 0.717) is 42.2 Å². The van der Waals surface area contributed by atoms with E-state index < -0.39 is 0 Å². The lowest BCUT2D eigenvalue weighted by Crippen LogP contribution is -2.13. The lowest BCUT2D eigenvalue weighted by atomic mass is 10.1. The highest BCUT2D eigenvalue weighted by Gasteiger charge is 2.08. The van der Waals surface area contributed by atoms with Gasteiger partial charge in [0, 0.05) is 18.2 Å². The maximum atomic E-state index is 12.2. The Balaban J connectivity index is 1.48. The number of hydrogen-bond donors (Lipinski definition) is 1. The van der Waals surface area contributed by atoms with Gasteiger partial charge in [0.05, 0.1) is 31.0 Å². The molecule has 2 aromatic carbocycles. The molecule has 3 rings (SSSR count). The van der Waals surface area contributed by atoms with E-state index >= 15 is 0 Å². The van der Waals surface area contributed by atoms with Crippen LogP contribution in [-0.4, -0.2) is 39.8 Å². The maximum absolute atomic E-state index is 12.2. The first-order valence-electron chi connectivity index (χ1n) is 8.95. The third-order valence-electron chi connectivity index (χ3n) is 4.17. The Bertz CT molecular complexity index is 1030. The van der Waals surface area contributed by atoms with Gasteiger partial charge in [0.15, 0.2) is 11.5 Å². The number of aromatic nitrogens is 4. The average molecular weight is 392 g/mol. The minimum Gasteiger partial charge on any atom is -0.493 e. The first-order chi connectivity index (χ1) is 14.1. The molecular formula is C20H20N6O3. The summed E-state index contributed by atoms with van der Waals surface area (Å²) in [6.45, 7) is 2.28.